The number of halogens is 5. The number of hydrogen-bond acceptors (Lipinski definition) is 2. The SMILES string of the molecule is CC1(C)C(CC(Cl)(Cl)C(F)(F)F)C1C(=O)[O-]. The maximum Gasteiger partial charge on any atom is 0.421 e. The van der Waals surface area contributed by atoms with Crippen LogP contribution in [0.2, 0.25) is 0 Å². The second-order valence-electron chi connectivity index (χ2n) is 4.63. The predicted molar refractivity (Wildman–Crippen MR) is 50.9 cm³/mol. The first-order valence-corrected chi connectivity index (χ1v) is 5.32. The van der Waals surface area contributed by atoms with E-state index in [1.807, 2.05) is 0 Å². The number of carbonyl (C=O) groups is 1. The molecule has 0 aromatic rings. The van der Waals surface area contributed by atoms with Crippen LogP contribution in [0.4, 0.5) is 13.2 Å². The maximum atomic E-state index is 12.4. The van der Waals surface area contributed by atoms with Gasteiger partial charge in [-0.05, 0) is 17.8 Å². The summed E-state index contributed by atoms with van der Waals surface area (Å²) in [6, 6.07) is 0. The van der Waals surface area contributed by atoms with Gasteiger partial charge >= 0.3 is 6.18 Å². The Hall–Kier alpha value is -0.160. The fourth-order valence-corrected chi connectivity index (χ4v) is 2.32. The largest absolute Gasteiger partial charge is 0.550 e. The topological polar surface area (TPSA) is 40.1 Å². The molecule has 2 atom stereocenters. The molecule has 2 nitrogen and oxygen atoms in total. The van der Waals surface area contributed by atoms with Gasteiger partial charge in [-0.3, -0.25) is 0 Å². The summed E-state index contributed by atoms with van der Waals surface area (Å²) in [5.41, 5.74) is -0.751. The van der Waals surface area contributed by atoms with Crippen LogP contribution in [0, 0.1) is 17.3 Å². The van der Waals surface area contributed by atoms with Crippen LogP contribution >= 0.6 is 23.2 Å². The Kier molecular flexibility index (Phi) is 3.19. The van der Waals surface area contributed by atoms with Crippen LogP contribution in [0.15, 0.2) is 0 Å². The molecule has 7 heteroatoms. The summed E-state index contributed by atoms with van der Waals surface area (Å²) in [4.78, 5) is 10.6. The van der Waals surface area contributed by atoms with Crippen molar-refractivity contribution in [3.05, 3.63) is 0 Å². The van der Waals surface area contributed by atoms with Crippen molar-refractivity contribution in [2.75, 3.05) is 0 Å². The molecule has 0 aliphatic heterocycles. The average Bonchev–Trinajstić information content (AvgIpc) is 2.49. The van der Waals surface area contributed by atoms with E-state index in [1.165, 1.54) is 0 Å². The molecular weight excluding hydrogens is 268 g/mol. The smallest absolute Gasteiger partial charge is 0.421 e. The van der Waals surface area contributed by atoms with Gasteiger partial charge in [-0.25, -0.2) is 0 Å². The first kappa shape index (κ1) is 13.9. The Morgan fingerprint density at radius 1 is 1.38 bits per heavy atom. The van der Waals surface area contributed by atoms with Gasteiger partial charge < -0.3 is 9.90 Å². The van der Waals surface area contributed by atoms with Crippen LogP contribution in [0.5, 0.6) is 0 Å². The number of carbonyl (C=O) groups excluding carboxylic acids is 1. The van der Waals surface area contributed by atoms with Crippen LogP contribution in [0.1, 0.15) is 20.3 Å². The van der Waals surface area contributed by atoms with Gasteiger partial charge in [-0.15, -0.1) is 0 Å². The molecule has 1 fully saturated rings. The minimum Gasteiger partial charge on any atom is -0.550 e. The van der Waals surface area contributed by atoms with Crippen molar-refractivity contribution in [3.8, 4) is 0 Å². The summed E-state index contributed by atoms with van der Waals surface area (Å²) in [5.74, 6) is -3.00. The molecule has 0 N–H and O–H groups in total. The van der Waals surface area contributed by atoms with Crippen LogP contribution in [0.3, 0.4) is 0 Å². The Labute approximate surface area is 101 Å². The molecule has 0 spiro atoms. The highest BCUT2D eigenvalue weighted by molar-refractivity contribution is 6.49. The van der Waals surface area contributed by atoms with E-state index in [1.54, 1.807) is 13.8 Å². The maximum absolute atomic E-state index is 12.4. The summed E-state index contributed by atoms with van der Waals surface area (Å²) < 4.78 is 34.2. The molecule has 1 rings (SSSR count). The van der Waals surface area contributed by atoms with Gasteiger partial charge in [0.2, 0.25) is 4.33 Å². The number of hydrogen-bond donors (Lipinski definition) is 0. The summed E-state index contributed by atoms with van der Waals surface area (Å²) in [7, 11) is 0. The summed E-state index contributed by atoms with van der Waals surface area (Å²) in [6.45, 7) is 3.11. The van der Waals surface area contributed by atoms with Crippen LogP contribution < -0.4 is 5.11 Å². The summed E-state index contributed by atoms with van der Waals surface area (Å²) in [5, 5.41) is 10.6. The number of carboxylic acids is 1. The van der Waals surface area contributed by atoms with E-state index >= 15 is 0 Å². The lowest BCUT2D eigenvalue weighted by Crippen LogP contribution is -2.35. The number of rotatable bonds is 3. The Bertz CT molecular complexity index is 312. The third kappa shape index (κ3) is 2.25. The average molecular weight is 278 g/mol. The second-order valence-corrected chi connectivity index (χ2v) is 6.11. The van der Waals surface area contributed by atoms with E-state index in [0.717, 1.165) is 0 Å². The molecule has 1 aliphatic rings. The monoisotopic (exact) mass is 277 g/mol. The van der Waals surface area contributed by atoms with Gasteiger partial charge in [0, 0.05) is 11.9 Å². The first-order valence-electron chi connectivity index (χ1n) is 4.56. The zero-order valence-corrected chi connectivity index (χ0v) is 10.1. The van der Waals surface area contributed by atoms with E-state index in [9.17, 15) is 23.1 Å². The van der Waals surface area contributed by atoms with Crippen molar-refractivity contribution >= 4 is 29.2 Å². The Balaban J connectivity index is 2.75. The Morgan fingerprint density at radius 3 is 2.06 bits per heavy atom. The van der Waals surface area contributed by atoms with Gasteiger partial charge in [0.15, 0.2) is 0 Å². The number of carboxylic acid groups (broad SMARTS) is 1. The van der Waals surface area contributed by atoms with Crippen molar-refractivity contribution in [2.24, 2.45) is 17.3 Å². The molecule has 2 unspecified atom stereocenters. The Morgan fingerprint density at radius 2 is 1.81 bits per heavy atom. The molecular formula is C9H10Cl2F3O2-. The second kappa shape index (κ2) is 3.67. The van der Waals surface area contributed by atoms with Gasteiger partial charge in [0.1, 0.15) is 0 Å². The molecule has 0 radical (unpaired) electrons. The van der Waals surface area contributed by atoms with E-state index in [2.05, 4.69) is 0 Å². The van der Waals surface area contributed by atoms with E-state index in [0.29, 0.717) is 0 Å². The molecule has 16 heavy (non-hydrogen) atoms. The number of alkyl halides is 5. The van der Waals surface area contributed by atoms with Crippen molar-refractivity contribution in [1.29, 1.82) is 0 Å². The molecule has 0 aromatic carbocycles. The number of aliphatic carboxylic acids is 1. The van der Waals surface area contributed by atoms with Gasteiger partial charge in [-0.2, -0.15) is 13.2 Å². The normalized spacial score (nSPS) is 28.9. The van der Waals surface area contributed by atoms with Crippen LogP contribution in [-0.2, 0) is 4.79 Å². The molecule has 0 saturated heterocycles. The zero-order chi connectivity index (χ0) is 12.9. The molecule has 0 amide bonds. The lowest BCUT2D eigenvalue weighted by Gasteiger charge is -2.23. The highest BCUT2D eigenvalue weighted by Crippen LogP contribution is 2.63. The minimum atomic E-state index is -4.77. The fourth-order valence-electron chi connectivity index (χ4n) is 1.98. The van der Waals surface area contributed by atoms with Crippen molar-refractivity contribution in [1.82, 2.24) is 0 Å². The third-order valence-corrected chi connectivity index (χ3v) is 3.93. The first-order chi connectivity index (χ1) is 6.91. The van der Waals surface area contributed by atoms with Crippen LogP contribution in [-0.4, -0.2) is 16.5 Å². The highest BCUT2D eigenvalue weighted by Gasteiger charge is 2.64. The van der Waals surface area contributed by atoms with Crippen molar-refractivity contribution in [3.63, 3.8) is 0 Å². The summed E-state index contributed by atoms with van der Waals surface area (Å²) >= 11 is 10.3. The lowest BCUT2D eigenvalue weighted by molar-refractivity contribution is -0.309. The molecule has 1 saturated carbocycles. The van der Waals surface area contributed by atoms with Gasteiger partial charge in [0.25, 0.3) is 0 Å². The molecule has 0 bridgehead atoms. The van der Waals surface area contributed by atoms with E-state index in [4.69, 9.17) is 23.2 Å². The lowest BCUT2D eigenvalue weighted by atomic mass is 10.1. The van der Waals surface area contributed by atoms with Crippen molar-refractivity contribution < 1.29 is 23.1 Å². The third-order valence-electron chi connectivity index (χ3n) is 3.20. The predicted octanol–water partition coefficient (Wildman–Crippen LogP) is 2.13. The summed E-state index contributed by atoms with van der Waals surface area (Å²) in [6.07, 6.45) is -5.41. The van der Waals surface area contributed by atoms with Gasteiger partial charge in [-0.1, -0.05) is 37.0 Å². The van der Waals surface area contributed by atoms with Crippen LogP contribution in [0.25, 0.3) is 0 Å². The van der Waals surface area contributed by atoms with Gasteiger partial charge in [0.05, 0.1) is 0 Å². The molecule has 94 valence electrons. The fraction of sp³-hybridized carbons (Fsp3) is 0.889. The molecule has 0 aromatic heterocycles. The van der Waals surface area contributed by atoms with Crippen molar-refractivity contribution in [2.45, 2.75) is 30.8 Å². The standard InChI is InChI=1S/C9H11Cl2F3O2/c1-7(2)4(5(7)6(15)16)3-8(10,11)9(12,13)14/h4-5H,3H2,1-2H3,(H,15,16)/p-1. The minimum absolute atomic E-state index is 0.634. The zero-order valence-electron chi connectivity index (χ0n) is 8.57. The highest BCUT2D eigenvalue weighted by atomic mass is 35.5. The molecule has 1 aliphatic carbocycles. The quantitative estimate of drug-likeness (QED) is 0.742. The molecule has 0 heterocycles. The van der Waals surface area contributed by atoms with E-state index < -0.39 is 40.2 Å². The van der Waals surface area contributed by atoms with E-state index in [-0.39, 0.29) is 0 Å².